The van der Waals surface area contributed by atoms with Crippen LogP contribution in [-0.2, 0) is 4.79 Å². The molecule has 0 atom stereocenters. The number of nitrogens with one attached hydrogen (secondary N) is 2. The smallest absolute Gasteiger partial charge is 0.262 e. The van der Waals surface area contributed by atoms with Gasteiger partial charge in [-0.15, -0.1) is 0 Å². The van der Waals surface area contributed by atoms with Crippen LogP contribution in [-0.4, -0.2) is 5.91 Å². The highest BCUT2D eigenvalue weighted by molar-refractivity contribution is 5.92. The predicted octanol–water partition coefficient (Wildman–Crippen LogP) is 2.84. The van der Waals surface area contributed by atoms with Crippen molar-refractivity contribution >= 4 is 17.7 Å². The third-order valence-corrected chi connectivity index (χ3v) is 2.33. The van der Waals surface area contributed by atoms with Gasteiger partial charge >= 0.3 is 0 Å². The van der Waals surface area contributed by atoms with E-state index in [0.29, 0.717) is 0 Å². The molecule has 0 aliphatic rings. The minimum absolute atomic E-state index is 0.192. The maximum atomic E-state index is 11.5. The Morgan fingerprint density at radius 1 is 0.889 bits per heavy atom. The molecule has 0 radical (unpaired) electrons. The molecule has 0 aliphatic carbocycles. The minimum Gasteiger partial charge on any atom is -0.298 e. The standard InChI is InChI=1S/C15H14N2O/c18-15(12-11-13-7-3-1-4-8-13)17-16-14-9-5-2-6-10-14/h1-12,16H,(H,17,18)/b12-11+. The molecule has 0 saturated heterocycles. The van der Waals surface area contributed by atoms with Crippen molar-refractivity contribution < 1.29 is 4.79 Å². The molecular weight excluding hydrogens is 224 g/mol. The summed E-state index contributed by atoms with van der Waals surface area (Å²) < 4.78 is 0. The van der Waals surface area contributed by atoms with Crippen LogP contribution in [0.25, 0.3) is 6.08 Å². The van der Waals surface area contributed by atoms with Gasteiger partial charge < -0.3 is 0 Å². The van der Waals surface area contributed by atoms with Crippen molar-refractivity contribution in [3.8, 4) is 0 Å². The molecule has 3 nitrogen and oxygen atoms in total. The van der Waals surface area contributed by atoms with Gasteiger partial charge in [-0.1, -0.05) is 48.5 Å². The Bertz CT molecular complexity index is 521. The quantitative estimate of drug-likeness (QED) is 0.635. The number of rotatable bonds is 4. The summed E-state index contributed by atoms with van der Waals surface area (Å²) in [6.45, 7) is 0. The Morgan fingerprint density at radius 2 is 1.50 bits per heavy atom. The molecule has 90 valence electrons. The van der Waals surface area contributed by atoms with Gasteiger partial charge in [-0.25, -0.2) is 0 Å². The molecule has 0 heterocycles. The van der Waals surface area contributed by atoms with E-state index in [9.17, 15) is 4.79 Å². The molecule has 0 spiro atoms. The average molecular weight is 238 g/mol. The van der Waals surface area contributed by atoms with Crippen LogP contribution < -0.4 is 10.9 Å². The second-order valence-electron chi connectivity index (χ2n) is 3.72. The highest BCUT2D eigenvalue weighted by atomic mass is 16.2. The lowest BCUT2D eigenvalue weighted by molar-refractivity contribution is -0.115. The number of carbonyl (C=O) groups excluding carboxylic acids is 1. The maximum absolute atomic E-state index is 11.5. The van der Waals surface area contributed by atoms with E-state index in [1.807, 2.05) is 60.7 Å². The molecule has 2 aromatic rings. The third-order valence-electron chi connectivity index (χ3n) is 2.33. The molecule has 18 heavy (non-hydrogen) atoms. The van der Waals surface area contributed by atoms with Gasteiger partial charge in [0.2, 0.25) is 0 Å². The lowest BCUT2D eigenvalue weighted by Gasteiger charge is -2.05. The lowest BCUT2D eigenvalue weighted by Crippen LogP contribution is -2.27. The van der Waals surface area contributed by atoms with E-state index < -0.39 is 0 Å². The summed E-state index contributed by atoms with van der Waals surface area (Å²) in [6.07, 6.45) is 3.26. The first-order valence-corrected chi connectivity index (χ1v) is 5.69. The van der Waals surface area contributed by atoms with Crippen LogP contribution in [0, 0.1) is 0 Å². The summed E-state index contributed by atoms with van der Waals surface area (Å²) in [5.74, 6) is -0.192. The average Bonchev–Trinajstić information content (AvgIpc) is 2.45. The zero-order valence-corrected chi connectivity index (χ0v) is 9.84. The molecule has 0 aliphatic heterocycles. The normalized spacial score (nSPS) is 10.2. The molecule has 2 rings (SSSR count). The fourth-order valence-electron chi connectivity index (χ4n) is 1.43. The fraction of sp³-hybridized carbons (Fsp3) is 0. The number of benzene rings is 2. The van der Waals surface area contributed by atoms with Gasteiger partial charge in [-0.2, -0.15) is 0 Å². The van der Waals surface area contributed by atoms with Crippen molar-refractivity contribution in [1.82, 2.24) is 5.43 Å². The minimum atomic E-state index is -0.192. The van der Waals surface area contributed by atoms with Crippen molar-refractivity contribution in [1.29, 1.82) is 0 Å². The SMILES string of the molecule is O=C(/C=C/c1ccccc1)NNc1ccccc1. The molecule has 1 amide bonds. The molecule has 0 unspecified atom stereocenters. The summed E-state index contributed by atoms with van der Waals surface area (Å²) in [6, 6.07) is 19.1. The summed E-state index contributed by atoms with van der Waals surface area (Å²) in [7, 11) is 0. The Kier molecular flexibility index (Phi) is 4.14. The van der Waals surface area contributed by atoms with E-state index in [1.54, 1.807) is 6.08 Å². The number of anilines is 1. The van der Waals surface area contributed by atoms with Gasteiger partial charge in [0.25, 0.3) is 5.91 Å². The fourth-order valence-corrected chi connectivity index (χ4v) is 1.43. The molecule has 0 saturated carbocycles. The van der Waals surface area contributed by atoms with E-state index in [4.69, 9.17) is 0 Å². The molecule has 0 aromatic heterocycles. The lowest BCUT2D eigenvalue weighted by atomic mass is 10.2. The van der Waals surface area contributed by atoms with E-state index in [2.05, 4.69) is 10.9 Å². The van der Waals surface area contributed by atoms with E-state index in [1.165, 1.54) is 6.08 Å². The molecular formula is C15H14N2O. The molecule has 3 heteroatoms. The number of para-hydroxylation sites is 1. The van der Waals surface area contributed by atoms with Crippen LogP contribution in [0.5, 0.6) is 0 Å². The summed E-state index contributed by atoms with van der Waals surface area (Å²) in [5, 5.41) is 0. The van der Waals surface area contributed by atoms with Crippen LogP contribution in [0.15, 0.2) is 66.7 Å². The van der Waals surface area contributed by atoms with Crippen LogP contribution >= 0.6 is 0 Å². The van der Waals surface area contributed by atoms with Gasteiger partial charge in [0.1, 0.15) is 0 Å². The molecule has 2 aromatic carbocycles. The molecule has 0 bridgehead atoms. The highest BCUT2D eigenvalue weighted by Crippen LogP contribution is 2.03. The Balaban J connectivity index is 1.84. The van der Waals surface area contributed by atoms with Crippen molar-refractivity contribution in [2.24, 2.45) is 0 Å². The predicted molar refractivity (Wildman–Crippen MR) is 73.7 cm³/mol. The summed E-state index contributed by atoms with van der Waals surface area (Å²) >= 11 is 0. The first-order chi connectivity index (χ1) is 8.84. The number of carbonyl (C=O) groups is 1. The highest BCUT2D eigenvalue weighted by Gasteiger charge is 1.94. The van der Waals surface area contributed by atoms with Crippen molar-refractivity contribution in [3.05, 3.63) is 72.3 Å². The largest absolute Gasteiger partial charge is 0.298 e. The molecule has 2 N–H and O–H groups in total. The first kappa shape index (κ1) is 11.9. The summed E-state index contributed by atoms with van der Waals surface area (Å²) in [5.41, 5.74) is 7.26. The van der Waals surface area contributed by atoms with Crippen molar-refractivity contribution in [3.63, 3.8) is 0 Å². The van der Waals surface area contributed by atoms with Crippen LogP contribution in [0.1, 0.15) is 5.56 Å². The topological polar surface area (TPSA) is 41.1 Å². The van der Waals surface area contributed by atoms with Crippen molar-refractivity contribution in [2.45, 2.75) is 0 Å². The van der Waals surface area contributed by atoms with Gasteiger partial charge in [0.05, 0.1) is 5.69 Å². The second-order valence-corrected chi connectivity index (χ2v) is 3.72. The number of amides is 1. The van der Waals surface area contributed by atoms with Gasteiger partial charge in [-0.3, -0.25) is 15.6 Å². The van der Waals surface area contributed by atoms with Crippen LogP contribution in [0.2, 0.25) is 0 Å². The van der Waals surface area contributed by atoms with Gasteiger partial charge in [0, 0.05) is 6.08 Å². The Hall–Kier alpha value is -2.55. The van der Waals surface area contributed by atoms with E-state index in [0.717, 1.165) is 11.3 Å². The zero-order valence-electron chi connectivity index (χ0n) is 9.84. The zero-order chi connectivity index (χ0) is 12.6. The first-order valence-electron chi connectivity index (χ1n) is 5.69. The maximum Gasteiger partial charge on any atom is 0.262 e. The van der Waals surface area contributed by atoms with E-state index >= 15 is 0 Å². The number of hydrazine groups is 1. The number of hydrogen-bond acceptors (Lipinski definition) is 2. The number of hydrogen-bond donors (Lipinski definition) is 2. The van der Waals surface area contributed by atoms with Crippen LogP contribution in [0.4, 0.5) is 5.69 Å². The monoisotopic (exact) mass is 238 g/mol. The van der Waals surface area contributed by atoms with Crippen LogP contribution in [0.3, 0.4) is 0 Å². The Morgan fingerprint density at radius 3 is 2.17 bits per heavy atom. The van der Waals surface area contributed by atoms with Gasteiger partial charge in [-0.05, 0) is 23.8 Å². The van der Waals surface area contributed by atoms with Crippen molar-refractivity contribution in [2.75, 3.05) is 5.43 Å². The third kappa shape index (κ3) is 3.79. The Labute approximate surface area is 106 Å². The molecule has 0 fully saturated rings. The second kappa shape index (κ2) is 6.25. The summed E-state index contributed by atoms with van der Waals surface area (Å²) in [4.78, 5) is 11.5. The van der Waals surface area contributed by atoms with E-state index in [-0.39, 0.29) is 5.91 Å². The van der Waals surface area contributed by atoms with Gasteiger partial charge in [0.15, 0.2) is 0 Å².